The first-order valence-corrected chi connectivity index (χ1v) is 12.0. The van der Waals surface area contributed by atoms with Crippen molar-refractivity contribution in [3.05, 3.63) is 58.7 Å². The van der Waals surface area contributed by atoms with Gasteiger partial charge in [0.15, 0.2) is 6.79 Å². The number of ether oxygens (including phenoxy) is 2. The summed E-state index contributed by atoms with van der Waals surface area (Å²) in [5, 5.41) is 5.17. The molecule has 0 amide bonds. The van der Waals surface area contributed by atoms with E-state index in [1.54, 1.807) is 7.11 Å². The number of aryl methyl sites for hydroxylation is 2. The summed E-state index contributed by atoms with van der Waals surface area (Å²) in [7, 11) is 2.34. The van der Waals surface area contributed by atoms with Crippen LogP contribution in [0.2, 0.25) is 0 Å². The zero-order chi connectivity index (χ0) is 22.4. The zero-order valence-electron chi connectivity index (χ0n) is 20.1. The summed E-state index contributed by atoms with van der Waals surface area (Å²) in [5.41, 5.74) is 5.28. The van der Waals surface area contributed by atoms with Crippen LogP contribution in [0, 0.1) is 13.8 Å². The van der Waals surface area contributed by atoms with Crippen LogP contribution >= 0.6 is 8.58 Å². The summed E-state index contributed by atoms with van der Waals surface area (Å²) in [4.78, 5) is 0. The molecule has 0 bridgehead atoms. The van der Waals surface area contributed by atoms with Gasteiger partial charge in [-0.25, -0.2) is 0 Å². The molecule has 1 N–H and O–H groups in total. The standard InChI is InChI=1S/C26H40NO2P/c1-9-26(10-2,22-13-11-12-20(4)24(22)29-18-28-8)30-23-15-14-19(3)16-21(23)17-27-25(5,6)7/h11-16,27,30H,9-10,17-18H2,1-8H3. The summed E-state index contributed by atoms with van der Waals surface area (Å²) in [6, 6.07) is 13.5. The third-order valence-electron chi connectivity index (χ3n) is 5.70. The maximum absolute atomic E-state index is 6.08. The highest BCUT2D eigenvalue weighted by Gasteiger charge is 2.33. The molecule has 0 fully saturated rings. The van der Waals surface area contributed by atoms with E-state index < -0.39 is 0 Å². The minimum absolute atomic E-state index is 0.0425. The van der Waals surface area contributed by atoms with Crippen LogP contribution in [0.25, 0.3) is 0 Å². The highest BCUT2D eigenvalue weighted by Crippen LogP contribution is 2.51. The number of nitrogens with one attached hydrogen (secondary N) is 1. The van der Waals surface area contributed by atoms with Crippen LogP contribution in [-0.4, -0.2) is 19.4 Å². The van der Waals surface area contributed by atoms with Crippen molar-refractivity contribution in [3.8, 4) is 5.75 Å². The molecule has 0 aromatic heterocycles. The first-order chi connectivity index (χ1) is 14.2. The van der Waals surface area contributed by atoms with E-state index in [9.17, 15) is 0 Å². The number of para-hydroxylation sites is 1. The fourth-order valence-electron chi connectivity index (χ4n) is 3.82. The van der Waals surface area contributed by atoms with E-state index in [4.69, 9.17) is 9.47 Å². The first-order valence-electron chi connectivity index (χ1n) is 11.0. The Hall–Kier alpha value is -1.41. The molecule has 1 unspecified atom stereocenters. The third-order valence-corrected chi connectivity index (χ3v) is 7.91. The van der Waals surface area contributed by atoms with Gasteiger partial charge in [-0.05, 0) is 63.9 Å². The molecule has 4 heteroatoms. The Morgan fingerprint density at radius 2 is 1.70 bits per heavy atom. The molecule has 0 aliphatic heterocycles. The van der Waals surface area contributed by atoms with Crippen LogP contribution < -0.4 is 15.4 Å². The SMILES string of the molecule is CCC(CC)(Pc1ccc(C)cc1CNC(C)(C)C)c1cccc(C)c1OCOC. The maximum atomic E-state index is 6.08. The average Bonchev–Trinajstić information content (AvgIpc) is 2.70. The molecule has 0 aliphatic carbocycles. The molecular formula is C26H40NO2P. The van der Waals surface area contributed by atoms with Crippen molar-refractivity contribution in [2.75, 3.05) is 13.9 Å². The zero-order valence-corrected chi connectivity index (χ0v) is 21.1. The van der Waals surface area contributed by atoms with Crippen molar-refractivity contribution < 1.29 is 9.47 Å². The van der Waals surface area contributed by atoms with Gasteiger partial charge in [0.25, 0.3) is 0 Å². The van der Waals surface area contributed by atoms with Crippen LogP contribution in [0.3, 0.4) is 0 Å². The Balaban J connectivity index is 2.49. The van der Waals surface area contributed by atoms with Crippen LogP contribution in [-0.2, 0) is 16.4 Å². The van der Waals surface area contributed by atoms with Crippen molar-refractivity contribution >= 4 is 13.9 Å². The Kier molecular flexibility index (Phi) is 8.91. The van der Waals surface area contributed by atoms with Gasteiger partial charge in [-0.3, -0.25) is 0 Å². The van der Waals surface area contributed by atoms with Crippen LogP contribution in [0.5, 0.6) is 5.75 Å². The van der Waals surface area contributed by atoms with Crippen molar-refractivity contribution in [1.82, 2.24) is 5.32 Å². The predicted octanol–water partition coefficient (Wildman–Crippen LogP) is 6.19. The van der Waals surface area contributed by atoms with E-state index in [2.05, 4.69) is 90.2 Å². The highest BCUT2D eigenvalue weighted by atomic mass is 31.1. The second kappa shape index (κ2) is 10.8. The average molecular weight is 430 g/mol. The Morgan fingerprint density at radius 3 is 2.30 bits per heavy atom. The second-order valence-corrected chi connectivity index (χ2v) is 10.9. The quantitative estimate of drug-likeness (QED) is 0.361. The minimum atomic E-state index is 0.0425. The van der Waals surface area contributed by atoms with Crippen molar-refractivity contribution in [2.24, 2.45) is 0 Å². The van der Waals surface area contributed by atoms with E-state index >= 15 is 0 Å². The normalized spacial score (nSPS) is 12.7. The van der Waals surface area contributed by atoms with Gasteiger partial charge in [0.1, 0.15) is 5.75 Å². The summed E-state index contributed by atoms with van der Waals surface area (Å²) in [5.74, 6) is 0.983. The summed E-state index contributed by atoms with van der Waals surface area (Å²) in [6.45, 7) is 16.7. The summed E-state index contributed by atoms with van der Waals surface area (Å²) < 4.78 is 11.3. The molecule has 166 valence electrons. The molecule has 0 heterocycles. The lowest BCUT2D eigenvalue weighted by atomic mass is 9.90. The minimum Gasteiger partial charge on any atom is -0.467 e. The van der Waals surface area contributed by atoms with Gasteiger partial charge in [-0.2, -0.15) is 0 Å². The fraction of sp³-hybridized carbons (Fsp3) is 0.538. The molecule has 0 saturated heterocycles. The lowest BCUT2D eigenvalue weighted by molar-refractivity contribution is 0.0494. The largest absolute Gasteiger partial charge is 0.467 e. The molecule has 0 aliphatic rings. The second-order valence-electron chi connectivity index (χ2n) is 9.18. The molecule has 30 heavy (non-hydrogen) atoms. The van der Waals surface area contributed by atoms with Gasteiger partial charge >= 0.3 is 0 Å². The van der Waals surface area contributed by atoms with Crippen molar-refractivity contribution in [2.45, 2.75) is 78.5 Å². The van der Waals surface area contributed by atoms with Crippen LogP contribution in [0.4, 0.5) is 0 Å². The molecule has 0 radical (unpaired) electrons. The number of rotatable bonds is 10. The number of benzene rings is 2. The molecule has 1 atom stereocenters. The van der Waals surface area contributed by atoms with Crippen molar-refractivity contribution in [1.29, 1.82) is 0 Å². The third kappa shape index (κ3) is 6.30. The highest BCUT2D eigenvalue weighted by molar-refractivity contribution is 7.48. The van der Waals surface area contributed by atoms with Crippen molar-refractivity contribution in [3.63, 3.8) is 0 Å². The van der Waals surface area contributed by atoms with Gasteiger partial charge in [0, 0.05) is 29.9 Å². The molecule has 0 saturated carbocycles. The van der Waals surface area contributed by atoms with Gasteiger partial charge in [0.2, 0.25) is 0 Å². The molecule has 0 spiro atoms. The molecule has 2 rings (SSSR count). The van der Waals surface area contributed by atoms with E-state index in [-0.39, 0.29) is 17.5 Å². The Morgan fingerprint density at radius 1 is 1.00 bits per heavy atom. The van der Waals surface area contributed by atoms with Gasteiger partial charge in [-0.1, -0.05) is 64.4 Å². The molecule has 2 aromatic rings. The predicted molar refractivity (Wildman–Crippen MR) is 132 cm³/mol. The number of hydrogen-bond acceptors (Lipinski definition) is 3. The summed E-state index contributed by atoms with van der Waals surface area (Å²) in [6.07, 6.45) is 2.13. The Bertz CT molecular complexity index is 822. The number of methoxy groups -OCH3 is 1. The lowest BCUT2D eigenvalue weighted by Crippen LogP contribution is -2.36. The van der Waals surface area contributed by atoms with Gasteiger partial charge in [-0.15, -0.1) is 0 Å². The van der Waals surface area contributed by atoms with E-state index in [1.165, 1.54) is 27.6 Å². The monoisotopic (exact) mass is 429 g/mol. The molecular weight excluding hydrogens is 389 g/mol. The van der Waals surface area contributed by atoms with E-state index in [0.717, 1.165) is 25.1 Å². The smallest absolute Gasteiger partial charge is 0.188 e. The summed E-state index contributed by atoms with van der Waals surface area (Å²) >= 11 is 0. The van der Waals surface area contributed by atoms with E-state index in [1.807, 2.05) is 0 Å². The Labute approximate surface area is 185 Å². The number of hydrogen-bond donors (Lipinski definition) is 1. The van der Waals surface area contributed by atoms with Gasteiger partial charge in [0.05, 0.1) is 0 Å². The van der Waals surface area contributed by atoms with Crippen LogP contribution in [0.1, 0.15) is 69.7 Å². The fourth-order valence-corrected chi connectivity index (χ4v) is 5.51. The van der Waals surface area contributed by atoms with Gasteiger partial charge < -0.3 is 14.8 Å². The van der Waals surface area contributed by atoms with Crippen LogP contribution in [0.15, 0.2) is 36.4 Å². The maximum Gasteiger partial charge on any atom is 0.188 e. The molecule has 2 aromatic carbocycles. The van der Waals surface area contributed by atoms with E-state index in [0.29, 0.717) is 8.58 Å². The molecule has 3 nitrogen and oxygen atoms in total. The lowest BCUT2D eigenvalue weighted by Gasteiger charge is -2.35. The topological polar surface area (TPSA) is 30.5 Å². The first kappa shape index (κ1) is 24.9.